The molecule has 0 amide bonds. The SMILES string of the molecule is C=C1C(=O)O[C@@H](CCCCCCCCCCCCC)[C@H]1C(=O)O. The highest BCUT2D eigenvalue weighted by atomic mass is 16.6. The number of unbranched alkanes of at least 4 members (excludes halogenated alkanes) is 10. The molecule has 1 N–H and O–H groups in total. The van der Waals surface area contributed by atoms with Crippen LogP contribution in [0.3, 0.4) is 0 Å². The summed E-state index contributed by atoms with van der Waals surface area (Å²) in [5, 5.41) is 9.16. The summed E-state index contributed by atoms with van der Waals surface area (Å²) in [6.07, 6.45) is 13.8. The first kappa shape index (κ1) is 19.7. The van der Waals surface area contributed by atoms with Crippen molar-refractivity contribution in [3.8, 4) is 0 Å². The van der Waals surface area contributed by atoms with E-state index in [4.69, 9.17) is 9.84 Å². The zero-order valence-corrected chi connectivity index (χ0v) is 14.5. The molecule has 0 aromatic carbocycles. The molecule has 4 heteroatoms. The molecule has 0 unspecified atom stereocenters. The Bertz CT molecular complexity index is 389. The predicted octanol–water partition coefficient (Wildman–Crippen LogP) is 4.87. The molecule has 0 bridgehead atoms. The van der Waals surface area contributed by atoms with E-state index in [1.54, 1.807) is 0 Å². The fourth-order valence-corrected chi connectivity index (χ4v) is 3.18. The summed E-state index contributed by atoms with van der Waals surface area (Å²) in [5.74, 6) is -2.41. The quantitative estimate of drug-likeness (QED) is 0.298. The third-order valence-corrected chi connectivity index (χ3v) is 4.63. The second-order valence-corrected chi connectivity index (χ2v) is 6.61. The van der Waals surface area contributed by atoms with E-state index in [1.165, 1.54) is 57.8 Å². The van der Waals surface area contributed by atoms with Crippen molar-refractivity contribution in [3.05, 3.63) is 12.2 Å². The minimum Gasteiger partial charge on any atom is -0.481 e. The van der Waals surface area contributed by atoms with Gasteiger partial charge in [-0.05, 0) is 12.8 Å². The van der Waals surface area contributed by atoms with Crippen LogP contribution in [-0.2, 0) is 14.3 Å². The van der Waals surface area contributed by atoms with Gasteiger partial charge in [0, 0.05) is 5.57 Å². The summed E-state index contributed by atoms with van der Waals surface area (Å²) in [5.41, 5.74) is 0.0885. The highest BCUT2D eigenvalue weighted by molar-refractivity contribution is 5.97. The number of carbonyl (C=O) groups excluding carboxylic acids is 1. The molecule has 0 saturated carbocycles. The second kappa shape index (κ2) is 11.3. The Balaban J connectivity index is 2.01. The van der Waals surface area contributed by atoms with Crippen LogP contribution in [-0.4, -0.2) is 23.1 Å². The van der Waals surface area contributed by atoms with Crippen molar-refractivity contribution >= 4 is 11.9 Å². The third-order valence-electron chi connectivity index (χ3n) is 4.63. The fraction of sp³-hybridized carbons (Fsp3) is 0.789. The van der Waals surface area contributed by atoms with E-state index >= 15 is 0 Å². The molecular formula is C19H32O4. The van der Waals surface area contributed by atoms with Crippen molar-refractivity contribution in [2.75, 3.05) is 0 Å². The lowest BCUT2D eigenvalue weighted by Gasteiger charge is -2.13. The standard InChI is InChI=1S/C19H32O4/c1-3-4-5-6-7-8-9-10-11-12-13-14-16-17(18(20)21)15(2)19(22)23-16/h16-17H,2-14H2,1H3,(H,20,21)/t16-,17-/m0/s1. The number of carbonyl (C=O) groups is 2. The molecule has 0 aliphatic carbocycles. The lowest BCUT2D eigenvalue weighted by Crippen LogP contribution is -2.24. The maximum absolute atomic E-state index is 11.4. The van der Waals surface area contributed by atoms with E-state index in [0.29, 0.717) is 6.42 Å². The topological polar surface area (TPSA) is 63.6 Å². The van der Waals surface area contributed by atoms with Gasteiger partial charge in [0.25, 0.3) is 0 Å². The second-order valence-electron chi connectivity index (χ2n) is 6.61. The van der Waals surface area contributed by atoms with E-state index in [9.17, 15) is 9.59 Å². The monoisotopic (exact) mass is 324 g/mol. The van der Waals surface area contributed by atoms with Crippen LogP contribution in [0.5, 0.6) is 0 Å². The first-order valence-corrected chi connectivity index (χ1v) is 9.20. The number of ether oxygens (including phenoxy) is 1. The van der Waals surface area contributed by atoms with E-state index in [1.807, 2.05) is 0 Å². The van der Waals surface area contributed by atoms with Crippen LogP contribution in [0.2, 0.25) is 0 Å². The van der Waals surface area contributed by atoms with E-state index < -0.39 is 24.0 Å². The van der Waals surface area contributed by atoms with E-state index in [0.717, 1.165) is 12.8 Å². The van der Waals surface area contributed by atoms with Crippen LogP contribution in [0.25, 0.3) is 0 Å². The van der Waals surface area contributed by atoms with Gasteiger partial charge < -0.3 is 9.84 Å². The zero-order valence-electron chi connectivity index (χ0n) is 14.5. The maximum Gasteiger partial charge on any atom is 0.334 e. The smallest absolute Gasteiger partial charge is 0.334 e. The number of aliphatic carboxylic acids is 1. The average molecular weight is 324 g/mol. The number of esters is 1. The van der Waals surface area contributed by atoms with Crippen molar-refractivity contribution in [2.45, 2.75) is 90.1 Å². The normalized spacial score (nSPS) is 20.7. The van der Waals surface area contributed by atoms with E-state index in [2.05, 4.69) is 13.5 Å². The highest BCUT2D eigenvalue weighted by Crippen LogP contribution is 2.30. The van der Waals surface area contributed by atoms with Crippen LogP contribution in [0.1, 0.15) is 84.0 Å². The number of hydrogen-bond donors (Lipinski definition) is 1. The average Bonchev–Trinajstić information content (AvgIpc) is 2.79. The predicted molar refractivity (Wildman–Crippen MR) is 91.2 cm³/mol. The molecule has 2 atom stereocenters. The lowest BCUT2D eigenvalue weighted by molar-refractivity contribution is -0.144. The molecule has 23 heavy (non-hydrogen) atoms. The minimum absolute atomic E-state index is 0.0885. The molecule has 1 aliphatic rings. The number of rotatable bonds is 13. The summed E-state index contributed by atoms with van der Waals surface area (Å²) >= 11 is 0. The van der Waals surface area contributed by atoms with Crippen LogP contribution in [0, 0.1) is 5.92 Å². The Morgan fingerprint density at radius 2 is 1.48 bits per heavy atom. The molecule has 0 spiro atoms. The molecule has 1 heterocycles. The summed E-state index contributed by atoms with van der Waals surface area (Å²) in [6, 6.07) is 0. The Kier molecular flexibility index (Phi) is 9.65. The number of carboxylic acid groups (broad SMARTS) is 1. The fourth-order valence-electron chi connectivity index (χ4n) is 3.18. The number of cyclic esters (lactones) is 1. The van der Waals surface area contributed by atoms with Crippen molar-refractivity contribution in [1.29, 1.82) is 0 Å². The van der Waals surface area contributed by atoms with Gasteiger partial charge in [-0.1, -0.05) is 77.7 Å². The molecule has 0 radical (unpaired) electrons. The number of hydrogen-bond acceptors (Lipinski definition) is 3. The summed E-state index contributed by atoms with van der Waals surface area (Å²) in [4.78, 5) is 22.6. The first-order valence-electron chi connectivity index (χ1n) is 9.20. The largest absolute Gasteiger partial charge is 0.481 e. The Hall–Kier alpha value is -1.32. The molecular weight excluding hydrogens is 292 g/mol. The molecule has 4 nitrogen and oxygen atoms in total. The van der Waals surface area contributed by atoms with Crippen LogP contribution in [0.4, 0.5) is 0 Å². The Morgan fingerprint density at radius 3 is 1.96 bits per heavy atom. The van der Waals surface area contributed by atoms with Crippen molar-refractivity contribution < 1.29 is 19.4 Å². The molecule has 132 valence electrons. The minimum atomic E-state index is -1.01. The highest BCUT2D eigenvalue weighted by Gasteiger charge is 2.42. The Labute approximate surface area is 140 Å². The van der Waals surface area contributed by atoms with Crippen molar-refractivity contribution in [3.63, 3.8) is 0 Å². The van der Waals surface area contributed by atoms with Gasteiger partial charge in [-0.25, -0.2) is 4.79 Å². The lowest BCUT2D eigenvalue weighted by atomic mass is 9.93. The van der Waals surface area contributed by atoms with Crippen molar-refractivity contribution in [1.82, 2.24) is 0 Å². The van der Waals surface area contributed by atoms with Crippen LogP contribution < -0.4 is 0 Å². The number of carboxylic acids is 1. The van der Waals surface area contributed by atoms with Gasteiger partial charge in [-0.3, -0.25) is 4.79 Å². The molecule has 0 aromatic rings. The third kappa shape index (κ3) is 7.19. The molecule has 1 saturated heterocycles. The summed E-state index contributed by atoms with van der Waals surface area (Å²) in [6.45, 7) is 5.77. The van der Waals surface area contributed by atoms with Gasteiger partial charge in [0.15, 0.2) is 0 Å². The molecule has 1 aliphatic heterocycles. The maximum atomic E-state index is 11.4. The van der Waals surface area contributed by atoms with Gasteiger partial charge >= 0.3 is 11.9 Å². The van der Waals surface area contributed by atoms with Crippen LogP contribution in [0.15, 0.2) is 12.2 Å². The van der Waals surface area contributed by atoms with Gasteiger partial charge in [-0.2, -0.15) is 0 Å². The van der Waals surface area contributed by atoms with E-state index in [-0.39, 0.29) is 5.57 Å². The summed E-state index contributed by atoms with van der Waals surface area (Å²) < 4.78 is 5.12. The summed E-state index contributed by atoms with van der Waals surface area (Å²) in [7, 11) is 0. The zero-order chi connectivity index (χ0) is 17.1. The van der Waals surface area contributed by atoms with Crippen molar-refractivity contribution in [2.24, 2.45) is 5.92 Å². The van der Waals surface area contributed by atoms with Gasteiger partial charge in [0.1, 0.15) is 12.0 Å². The molecule has 1 rings (SSSR count). The first-order chi connectivity index (χ1) is 11.1. The van der Waals surface area contributed by atoms with Crippen LogP contribution >= 0.6 is 0 Å². The van der Waals surface area contributed by atoms with Gasteiger partial charge in [0.05, 0.1) is 0 Å². The molecule has 1 fully saturated rings. The van der Waals surface area contributed by atoms with Gasteiger partial charge in [0.2, 0.25) is 0 Å². The van der Waals surface area contributed by atoms with Gasteiger partial charge in [-0.15, -0.1) is 0 Å². The molecule has 0 aromatic heterocycles. The Morgan fingerprint density at radius 1 is 1.00 bits per heavy atom.